The fourth-order valence-corrected chi connectivity index (χ4v) is 3.24. The van der Waals surface area contributed by atoms with E-state index in [1.807, 2.05) is 13.0 Å². The van der Waals surface area contributed by atoms with E-state index in [1.54, 1.807) is 12.3 Å². The number of aliphatic hydroxyl groups excluding tert-OH is 1. The van der Waals surface area contributed by atoms with E-state index in [0.717, 1.165) is 31.5 Å². The number of imidazole rings is 1. The van der Waals surface area contributed by atoms with E-state index < -0.39 is 18.0 Å². The summed E-state index contributed by atoms with van der Waals surface area (Å²) in [5.74, 6) is -1.29. The third-order valence-corrected chi connectivity index (χ3v) is 4.59. The molecule has 1 saturated heterocycles. The molecule has 0 radical (unpaired) electrons. The number of β-amino-alcohol motifs (C(OH)–C–C–N with tert-alkyl or cyclic N) is 1. The number of carbonyl (C=O) groups is 1. The summed E-state index contributed by atoms with van der Waals surface area (Å²) in [6.07, 6.45) is 5.68. The molecule has 3 heterocycles. The minimum Gasteiger partial charge on any atom is -0.390 e. The van der Waals surface area contributed by atoms with Gasteiger partial charge in [-0.05, 0) is 44.5 Å². The number of amides is 1. The molecule has 3 rings (SSSR count). The normalized spacial score (nSPS) is 17.4. The molecule has 0 aliphatic carbocycles. The van der Waals surface area contributed by atoms with Gasteiger partial charge in [0.15, 0.2) is 5.69 Å². The first-order chi connectivity index (χ1) is 12.0. The maximum absolute atomic E-state index is 14.4. The Labute approximate surface area is 146 Å². The number of likely N-dealkylation sites (tertiary alicyclic amines) is 1. The van der Waals surface area contributed by atoms with Gasteiger partial charge in [-0.2, -0.15) is 4.39 Å². The van der Waals surface area contributed by atoms with Crippen molar-refractivity contribution in [2.75, 3.05) is 26.2 Å². The highest BCUT2D eigenvalue weighted by molar-refractivity contribution is 5.93. The lowest BCUT2D eigenvalue weighted by Crippen LogP contribution is -2.40. The summed E-state index contributed by atoms with van der Waals surface area (Å²) >= 11 is 0. The van der Waals surface area contributed by atoms with Crippen LogP contribution in [0.25, 0.3) is 5.65 Å². The maximum atomic E-state index is 14.4. The maximum Gasteiger partial charge on any atom is 0.274 e. The average Bonchev–Trinajstić information content (AvgIpc) is 2.76. The number of nitrogens with one attached hydrogen (secondary N) is 1. The van der Waals surface area contributed by atoms with E-state index in [0.29, 0.717) is 12.2 Å². The molecule has 1 aliphatic rings. The third-order valence-electron chi connectivity index (χ3n) is 4.59. The Hall–Kier alpha value is -1.99. The van der Waals surface area contributed by atoms with Gasteiger partial charge in [0.1, 0.15) is 5.65 Å². The summed E-state index contributed by atoms with van der Waals surface area (Å²) in [5.41, 5.74) is 1.02. The van der Waals surface area contributed by atoms with Crippen LogP contribution in [0.4, 0.5) is 4.39 Å². The number of carbonyl (C=O) groups excluding carboxylic acids is 1. The van der Waals surface area contributed by atoms with Crippen molar-refractivity contribution >= 4 is 11.6 Å². The number of nitrogens with zero attached hydrogens (tertiary/aromatic N) is 3. The van der Waals surface area contributed by atoms with Crippen molar-refractivity contribution < 1.29 is 14.3 Å². The second-order valence-electron chi connectivity index (χ2n) is 6.76. The van der Waals surface area contributed by atoms with E-state index >= 15 is 0 Å². The number of fused-ring (bicyclic) bond motifs is 1. The summed E-state index contributed by atoms with van der Waals surface area (Å²) in [4.78, 5) is 18.5. The molecule has 25 heavy (non-hydrogen) atoms. The van der Waals surface area contributed by atoms with Gasteiger partial charge in [0.05, 0.1) is 6.10 Å². The zero-order valence-electron chi connectivity index (χ0n) is 14.5. The summed E-state index contributed by atoms with van der Waals surface area (Å²) in [6, 6.07) is 3.48. The standard InChI is InChI=1S/C18H25FN4O2/c1-13-6-7-15-21-16(17(19)23(15)11-13)18(25)20-10-14(24)12-22-8-4-2-3-5-9-22/h6-7,11,14,24H,2-5,8-10,12H2,1H3,(H,20,25)/t14-/m1/s1. The molecule has 1 fully saturated rings. The molecule has 0 unspecified atom stereocenters. The van der Waals surface area contributed by atoms with E-state index in [4.69, 9.17) is 0 Å². The second-order valence-corrected chi connectivity index (χ2v) is 6.76. The zero-order valence-corrected chi connectivity index (χ0v) is 14.5. The van der Waals surface area contributed by atoms with Crippen LogP contribution in [0.15, 0.2) is 18.3 Å². The molecule has 6 nitrogen and oxygen atoms in total. The Morgan fingerprint density at radius 1 is 1.32 bits per heavy atom. The van der Waals surface area contributed by atoms with Crippen LogP contribution in [-0.2, 0) is 0 Å². The van der Waals surface area contributed by atoms with E-state index in [1.165, 1.54) is 17.2 Å². The predicted octanol–water partition coefficient (Wildman–Crippen LogP) is 1.75. The summed E-state index contributed by atoms with van der Waals surface area (Å²) < 4.78 is 15.6. The number of aryl methyl sites for hydroxylation is 1. The molecule has 0 bridgehead atoms. The molecule has 2 N–H and O–H groups in total. The monoisotopic (exact) mass is 348 g/mol. The highest BCUT2D eigenvalue weighted by Crippen LogP contribution is 2.13. The summed E-state index contributed by atoms with van der Waals surface area (Å²) in [6.45, 7) is 4.41. The van der Waals surface area contributed by atoms with Crippen molar-refractivity contribution in [3.63, 3.8) is 0 Å². The molecular formula is C18H25FN4O2. The van der Waals surface area contributed by atoms with E-state index in [2.05, 4.69) is 15.2 Å². The Bertz CT molecular complexity index is 738. The van der Waals surface area contributed by atoms with Gasteiger partial charge in [0.2, 0.25) is 5.95 Å². The number of aliphatic hydroxyl groups is 1. The number of hydrogen-bond donors (Lipinski definition) is 2. The van der Waals surface area contributed by atoms with Gasteiger partial charge in [-0.1, -0.05) is 18.9 Å². The smallest absolute Gasteiger partial charge is 0.274 e. The van der Waals surface area contributed by atoms with Gasteiger partial charge in [-0.25, -0.2) is 4.98 Å². The minimum absolute atomic E-state index is 0.0850. The highest BCUT2D eigenvalue weighted by Gasteiger charge is 2.20. The number of pyridine rings is 1. The summed E-state index contributed by atoms with van der Waals surface area (Å²) in [7, 11) is 0. The quantitative estimate of drug-likeness (QED) is 0.864. The van der Waals surface area contributed by atoms with Gasteiger partial charge < -0.3 is 15.3 Å². The number of aromatic nitrogens is 2. The van der Waals surface area contributed by atoms with Gasteiger partial charge in [-0.3, -0.25) is 9.20 Å². The van der Waals surface area contributed by atoms with Gasteiger partial charge in [-0.15, -0.1) is 0 Å². The van der Waals surface area contributed by atoms with Gasteiger partial charge >= 0.3 is 0 Å². The molecule has 136 valence electrons. The van der Waals surface area contributed by atoms with Gasteiger partial charge in [0.25, 0.3) is 5.91 Å². The summed E-state index contributed by atoms with van der Waals surface area (Å²) in [5, 5.41) is 12.7. The topological polar surface area (TPSA) is 69.9 Å². The lowest BCUT2D eigenvalue weighted by Gasteiger charge is -2.23. The SMILES string of the molecule is Cc1ccc2nc(C(=O)NC[C@@H](O)CN3CCCCCC3)c(F)n2c1. The van der Waals surface area contributed by atoms with Crippen molar-refractivity contribution in [1.82, 2.24) is 19.6 Å². The Balaban J connectivity index is 1.57. The molecule has 0 saturated carbocycles. The lowest BCUT2D eigenvalue weighted by atomic mass is 10.2. The van der Waals surface area contributed by atoms with Crippen LogP contribution in [0.2, 0.25) is 0 Å². The third kappa shape index (κ3) is 4.35. The number of halogens is 1. The van der Waals surface area contributed by atoms with E-state index in [9.17, 15) is 14.3 Å². The molecule has 2 aromatic heterocycles. The largest absolute Gasteiger partial charge is 0.390 e. The van der Waals surface area contributed by atoms with Crippen molar-refractivity contribution in [1.29, 1.82) is 0 Å². The van der Waals surface area contributed by atoms with Crippen LogP contribution in [0.1, 0.15) is 41.7 Å². The molecule has 1 aliphatic heterocycles. The van der Waals surface area contributed by atoms with Crippen LogP contribution in [-0.4, -0.2) is 57.6 Å². The van der Waals surface area contributed by atoms with Crippen molar-refractivity contribution in [2.45, 2.75) is 38.7 Å². The first-order valence-electron chi connectivity index (χ1n) is 8.87. The van der Waals surface area contributed by atoms with Gasteiger partial charge in [0, 0.05) is 19.3 Å². The number of rotatable bonds is 5. The first-order valence-corrected chi connectivity index (χ1v) is 8.87. The van der Waals surface area contributed by atoms with E-state index in [-0.39, 0.29) is 12.2 Å². The molecule has 0 aromatic carbocycles. The van der Waals surface area contributed by atoms with Crippen LogP contribution >= 0.6 is 0 Å². The fourth-order valence-electron chi connectivity index (χ4n) is 3.24. The molecule has 1 atom stereocenters. The fraction of sp³-hybridized carbons (Fsp3) is 0.556. The Kier molecular flexibility index (Phi) is 5.65. The van der Waals surface area contributed by atoms with Crippen molar-refractivity contribution in [2.24, 2.45) is 0 Å². The zero-order chi connectivity index (χ0) is 17.8. The van der Waals surface area contributed by atoms with Crippen LogP contribution in [0.5, 0.6) is 0 Å². The Morgan fingerprint density at radius 2 is 2.04 bits per heavy atom. The Morgan fingerprint density at radius 3 is 2.76 bits per heavy atom. The molecule has 0 spiro atoms. The van der Waals surface area contributed by atoms with Crippen LogP contribution < -0.4 is 5.32 Å². The van der Waals surface area contributed by atoms with Crippen molar-refractivity contribution in [3.05, 3.63) is 35.5 Å². The molecule has 7 heteroatoms. The lowest BCUT2D eigenvalue weighted by molar-refractivity contribution is 0.0855. The minimum atomic E-state index is -0.682. The first kappa shape index (κ1) is 17.8. The molecule has 2 aromatic rings. The highest BCUT2D eigenvalue weighted by atomic mass is 19.1. The predicted molar refractivity (Wildman–Crippen MR) is 93.1 cm³/mol. The molecule has 1 amide bonds. The average molecular weight is 348 g/mol. The van der Waals surface area contributed by atoms with Crippen molar-refractivity contribution in [3.8, 4) is 0 Å². The molecular weight excluding hydrogens is 323 g/mol. The van der Waals surface area contributed by atoms with Crippen LogP contribution in [0.3, 0.4) is 0 Å². The second kappa shape index (κ2) is 7.93. The van der Waals surface area contributed by atoms with Crippen LogP contribution in [0, 0.1) is 12.9 Å². The number of hydrogen-bond acceptors (Lipinski definition) is 4.